The Morgan fingerprint density at radius 2 is 2.08 bits per heavy atom. The SMILES string of the molecule is CNC(=O)C(CCC=O)N1Cc2c(OCc3cc(CN(CCO)CC(C)C)ccc3F)cccc2C1=O. The highest BCUT2D eigenvalue weighted by atomic mass is 19.1. The molecule has 8 nitrogen and oxygen atoms in total. The second-order valence-electron chi connectivity index (χ2n) is 9.66. The number of carbonyl (C=O) groups excluding carboxylic acids is 3. The molecule has 1 heterocycles. The van der Waals surface area contributed by atoms with Crippen LogP contribution in [0.25, 0.3) is 0 Å². The number of nitrogens with zero attached hydrogens (tertiary/aromatic N) is 2. The van der Waals surface area contributed by atoms with E-state index in [1.54, 1.807) is 30.3 Å². The highest BCUT2D eigenvalue weighted by Gasteiger charge is 2.37. The summed E-state index contributed by atoms with van der Waals surface area (Å²) >= 11 is 0. The fourth-order valence-electron chi connectivity index (χ4n) is 4.68. The third-order valence-corrected chi connectivity index (χ3v) is 6.38. The van der Waals surface area contributed by atoms with Crippen molar-refractivity contribution in [3.63, 3.8) is 0 Å². The van der Waals surface area contributed by atoms with Gasteiger partial charge in [0.25, 0.3) is 5.91 Å². The summed E-state index contributed by atoms with van der Waals surface area (Å²) in [6.07, 6.45) is 1.11. The van der Waals surface area contributed by atoms with Gasteiger partial charge in [-0.2, -0.15) is 0 Å². The maximum Gasteiger partial charge on any atom is 0.255 e. The van der Waals surface area contributed by atoms with E-state index in [2.05, 4.69) is 24.1 Å². The van der Waals surface area contributed by atoms with Gasteiger partial charge in [-0.25, -0.2) is 4.39 Å². The minimum atomic E-state index is -0.773. The molecule has 0 radical (unpaired) electrons. The number of aliphatic hydroxyl groups is 1. The van der Waals surface area contributed by atoms with Crippen molar-refractivity contribution < 1.29 is 28.6 Å². The van der Waals surface area contributed by atoms with E-state index < -0.39 is 6.04 Å². The molecular weight excluding hydrogens is 477 g/mol. The number of rotatable bonds is 14. The summed E-state index contributed by atoms with van der Waals surface area (Å²) in [5.74, 6) is -0.149. The van der Waals surface area contributed by atoms with Gasteiger partial charge in [0, 0.05) is 49.8 Å². The second-order valence-corrected chi connectivity index (χ2v) is 9.66. The first-order valence-corrected chi connectivity index (χ1v) is 12.6. The average Bonchev–Trinajstić information content (AvgIpc) is 3.21. The number of nitrogens with one attached hydrogen (secondary N) is 1. The summed E-state index contributed by atoms with van der Waals surface area (Å²) < 4.78 is 20.7. The van der Waals surface area contributed by atoms with Gasteiger partial charge in [0.15, 0.2) is 0 Å². The molecule has 0 aliphatic carbocycles. The monoisotopic (exact) mass is 513 g/mol. The average molecular weight is 514 g/mol. The summed E-state index contributed by atoms with van der Waals surface area (Å²) in [5, 5.41) is 11.9. The molecule has 37 heavy (non-hydrogen) atoms. The summed E-state index contributed by atoms with van der Waals surface area (Å²) in [4.78, 5) is 40.0. The molecule has 2 amide bonds. The molecule has 0 fully saturated rings. The highest BCUT2D eigenvalue weighted by Crippen LogP contribution is 2.33. The Balaban J connectivity index is 1.76. The number of carbonyl (C=O) groups is 3. The van der Waals surface area contributed by atoms with E-state index in [0.717, 1.165) is 18.4 Å². The molecule has 0 aromatic heterocycles. The zero-order chi connectivity index (χ0) is 26.9. The summed E-state index contributed by atoms with van der Waals surface area (Å²) in [6.45, 7) is 6.33. The maximum atomic E-state index is 14.6. The molecule has 0 bridgehead atoms. The Bertz CT molecular complexity index is 1110. The number of aliphatic hydroxyl groups excluding tert-OH is 1. The van der Waals surface area contributed by atoms with Crippen molar-refractivity contribution in [3.8, 4) is 5.75 Å². The normalized spacial score (nSPS) is 13.7. The number of hydrogen-bond acceptors (Lipinski definition) is 6. The minimum absolute atomic E-state index is 0.0293. The largest absolute Gasteiger partial charge is 0.488 e. The van der Waals surface area contributed by atoms with Crippen molar-refractivity contribution in [1.82, 2.24) is 15.1 Å². The lowest BCUT2D eigenvalue weighted by Crippen LogP contribution is -2.46. The predicted molar refractivity (Wildman–Crippen MR) is 137 cm³/mol. The van der Waals surface area contributed by atoms with Crippen LogP contribution in [0.3, 0.4) is 0 Å². The van der Waals surface area contributed by atoms with Crippen molar-refractivity contribution >= 4 is 18.1 Å². The van der Waals surface area contributed by atoms with E-state index in [1.165, 1.54) is 18.0 Å². The Morgan fingerprint density at radius 3 is 2.76 bits per heavy atom. The Hall–Kier alpha value is -3.30. The molecule has 1 atom stereocenters. The van der Waals surface area contributed by atoms with E-state index in [4.69, 9.17) is 4.74 Å². The van der Waals surface area contributed by atoms with Gasteiger partial charge in [0.2, 0.25) is 5.91 Å². The molecule has 2 aromatic rings. The van der Waals surface area contributed by atoms with E-state index in [9.17, 15) is 23.9 Å². The van der Waals surface area contributed by atoms with Crippen LogP contribution in [-0.2, 0) is 29.3 Å². The lowest BCUT2D eigenvalue weighted by molar-refractivity contribution is -0.125. The molecule has 3 rings (SSSR count). The lowest BCUT2D eigenvalue weighted by atomic mass is 10.1. The van der Waals surface area contributed by atoms with Crippen molar-refractivity contribution in [2.24, 2.45) is 5.92 Å². The van der Waals surface area contributed by atoms with Gasteiger partial charge >= 0.3 is 0 Å². The van der Waals surface area contributed by atoms with Gasteiger partial charge in [-0.05, 0) is 42.2 Å². The lowest BCUT2D eigenvalue weighted by Gasteiger charge is -2.25. The van der Waals surface area contributed by atoms with Gasteiger partial charge in [0.1, 0.15) is 30.5 Å². The van der Waals surface area contributed by atoms with Crippen LogP contribution in [0.15, 0.2) is 36.4 Å². The molecule has 2 N–H and O–H groups in total. The highest BCUT2D eigenvalue weighted by molar-refractivity contribution is 6.01. The molecule has 1 unspecified atom stereocenters. The third-order valence-electron chi connectivity index (χ3n) is 6.38. The molecule has 0 spiro atoms. The van der Waals surface area contributed by atoms with Crippen LogP contribution in [0, 0.1) is 11.7 Å². The smallest absolute Gasteiger partial charge is 0.255 e. The van der Waals surface area contributed by atoms with E-state index in [1.807, 2.05) is 0 Å². The first-order valence-electron chi connectivity index (χ1n) is 12.6. The molecule has 200 valence electrons. The fourth-order valence-corrected chi connectivity index (χ4v) is 4.68. The van der Waals surface area contributed by atoms with E-state index >= 15 is 0 Å². The second kappa shape index (κ2) is 13.3. The first-order chi connectivity index (χ1) is 17.8. The number of amides is 2. The molecule has 0 saturated heterocycles. The fraction of sp³-hybridized carbons (Fsp3) is 0.464. The number of likely N-dealkylation sites (N-methyl/N-ethyl adjacent to an activating group) is 1. The number of fused-ring (bicyclic) bond motifs is 1. The zero-order valence-corrected chi connectivity index (χ0v) is 21.7. The van der Waals surface area contributed by atoms with Crippen LogP contribution in [0.1, 0.15) is 53.7 Å². The van der Waals surface area contributed by atoms with Crippen molar-refractivity contribution in [2.45, 2.75) is 52.4 Å². The minimum Gasteiger partial charge on any atom is -0.488 e. The molecule has 2 aromatic carbocycles. The van der Waals surface area contributed by atoms with Crippen LogP contribution in [0.2, 0.25) is 0 Å². The molecular formula is C28H36FN3O5. The maximum absolute atomic E-state index is 14.6. The van der Waals surface area contributed by atoms with Crippen LogP contribution in [-0.4, -0.2) is 65.8 Å². The molecule has 9 heteroatoms. The molecule has 1 aliphatic rings. The first kappa shape index (κ1) is 28.3. The van der Waals surface area contributed by atoms with E-state index in [-0.39, 0.29) is 50.2 Å². The zero-order valence-electron chi connectivity index (χ0n) is 21.7. The third kappa shape index (κ3) is 7.14. The molecule has 1 aliphatic heterocycles. The van der Waals surface area contributed by atoms with Gasteiger partial charge in [-0.15, -0.1) is 0 Å². The Labute approximate surface area is 217 Å². The number of halogens is 1. The quantitative estimate of drug-likeness (QED) is 0.377. The van der Waals surface area contributed by atoms with Crippen molar-refractivity contribution in [1.29, 1.82) is 0 Å². The Morgan fingerprint density at radius 1 is 1.30 bits per heavy atom. The van der Waals surface area contributed by atoms with Gasteiger partial charge in [-0.1, -0.05) is 26.0 Å². The summed E-state index contributed by atoms with van der Waals surface area (Å²) in [6, 6.07) is 9.24. The predicted octanol–water partition coefficient (Wildman–Crippen LogP) is 2.90. The number of aldehydes is 1. The summed E-state index contributed by atoms with van der Waals surface area (Å²) in [7, 11) is 1.49. The standard InChI is InChI=1S/C28H36FN3O5/c1-19(2)15-31(11-13-34)16-20-9-10-24(29)21(14-20)18-37-26-8-4-6-22-23(26)17-32(28(22)36)25(7-5-12-33)27(35)30-3/h4,6,8-10,12,14,19,25,34H,5,7,11,13,15-18H2,1-3H3,(H,30,35). The number of benzene rings is 2. The molecule has 0 saturated carbocycles. The number of ether oxygens (including phenoxy) is 1. The van der Waals surface area contributed by atoms with Crippen LogP contribution < -0.4 is 10.1 Å². The van der Waals surface area contributed by atoms with Crippen LogP contribution >= 0.6 is 0 Å². The van der Waals surface area contributed by atoms with Gasteiger partial charge in [0.05, 0.1) is 13.2 Å². The van der Waals surface area contributed by atoms with Crippen LogP contribution in [0.5, 0.6) is 5.75 Å². The number of hydrogen-bond donors (Lipinski definition) is 2. The summed E-state index contributed by atoms with van der Waals surface area (Å²) in [5.41, 5.74) is 2.37. The van der Waals surface area contributed by atoms with Gasteiger partial charge < -0.3 is 24.9 Å². The van der Waals surface area contributed by atoms with Crippen molar-refractivity contribution in [3.05, 3.63) is 64.5 Å². The van der Waals surface area contributed by atoms with Crippen LogP contribution in [0.4, 0.5) is 4.39 Å². The van der Waals surface area contributed by atoms with Crippen molar-refractivity contribution in [2.75, 3.05) is 26.7 Å². The Kier molecular flexibility index (Phi) is 10.2. The van der Waals surface area contributed by atoms with Gasteiger partial charge in [-0.3, -0.25) is 14.5 Å². The van der Waals surface area contributed by atoms with E-state index in [0.29, 0.717) is 41.4 Å². The topological polar surface area (TPSA) is 99.2 Å².